The van der Waals surface area contributed by atoms with Crippen molar-refractivity contribution in [2.24, 2.45) is 0 Å². The number of rotatable bonds is 4. The first-order valence-electron chi connectivity index (χ1n) is 8.76. The average Bonchev–Trinajstić information content (AvgIpc) is 3.25. The first-order valence-corrected chi connectivity index (χ1v) is 8.76. The monoisotopic (exact) mass is 327 g/mol. The van der Waals surface area contributed by atoms with Gasteiger partial charge in [0.15, 0.2) is 0 Å². The highest BCUT2D eigenvalue weighted by atomic mass is 16.5. The van der Waals surface area contributed by atoms with Crippen molar-refractivity contribution >= 4 is 0 Å². The molecule has 6 heteroatoms. The number of ether oxygens (including phenoxy) is 1. The molecule has 1 aromatic heterocycles. The van der Waals surface area contributed by atoms with Gasteiger partial charge < -0.3 is 14.6 Å². The van der Waals surface area contributed by atoms with E-state index >= 15 is 0 Å². The van der Waals surface area contributed by atoms with E-state index in [0.717, 1.165) is 50.1 Å². The number of nitrogens with zero attached hydrogens (tertiary/aromatic N) is 4. The van der Waals surface area contributed by atoms with Crippen LogP contribution in [0.5, 0.6) is 5.75 Å². The maximum atomic E-state index is 5.54. The molecule has 128 valence electrons. The molecule has 2 aliphatic rings. The highest BCUT2D eigenvalue weighted by Crippen LogP contribution is 2.26. The lowest BCUT2D eigenvalue weighted by Gasteiger charge is -2.28. The summed E-state index contributed by atoms with van der Waals surface area (Å²) in [5.74, 6) is 3.17. The summed E-state index contributed by atoms with van der Waals surface area (Å²) in [4.78, 5) is 2.42. The Labute approximate surface area is 142 Å². The summed E-state index contributed by atoms with van der Waals surface area (Å²) in [5, 5.41) is 12.4. The molecule has 2 aliphatic heterocycles. The van der Waals surface area contributed by atoms with E-state index in [1.807, 2.05) is 0 Å². The zero-order valence-electron chi connectivity index (χ0n) is 14.5. The van der Waals surface area contributed by atoms with Gasteiger partial charge in [0.2, 0.25) is 0 Å². The van der Waals surface area contributed by atoms with Gasteiger partial charge in [-0.1, -0.05) is 12.1 Å². The summed E-state index contributed by atoms with van der Waals surface area (Å²) in [6.45, 7) is 6.89. The Kier molecular flexibility index (Phi) is 4.24. The van der Waals surface area contributed by atoms with Gasteiger partial charge in [0.05, 0.1) is 19.7 Å². The summed E-state index contributed by atoms with van der Waals surface area (Å²) >= 11 is 0. The van der Waals surface area contributed by atoms with Gasteiger partial charge in [0.1, 0.15) is 17.4 Å². The van der Waals surface area contributed by atoms with Crippen LogP contribution in [-0.4, -0.2) is 39.9 Å². The SMILES string of the molecule is COc1cc(C)ccc1CN1CCn2c(nnc2[C@H]2CCCN2)C1. The Hall–Kier alpha value is -1.92. The Balaban J connectivity index is 1.49. The van der Waals surface area contributed by atoms with Crippen LogP contribution in [0.25, 0.3) is 0 Å². The number of fused-ring (bicyclic) bond motifs is 1. The molecule has 0 unspecified atom stereocenters. The molecule has 24 heavy (non-hydrogen) atoms. The second-order valence-corrected chi connectivity index (χ2v) is 6.80. The predicted molar refractivity (Wildman–Crippen MR) is 91.8 cm³/mol. The van der Waals surface area contributed by atoms with Crippen LogP contribution in [0.4, 0.5) is 0 Å². The number of methoxy groups -OCH3 is 1. The minimum atomic E-state index is 0.384. The molecule has 0 saturated carbocycles. The third-order valence-electron chi connectivity index (χ3n) is 5.07. The molecule has 2 aromatic rings. The lowest BCUT2D eigenvalue weighted by molar-refractivity contribution is 0.203. The van der Waals surface area contributed by atoms with Crippen LogP contribution in [-0.2, 0) is 19.6 Å². The molecule has 1 aromatic carbocycles. The van der Waals surface area contributed by atoms with Crippen molar-refractivity contribution in [3.05, 3.63) is 41.0 Å². The van der Waals surface area contributed by atoms with E-state index < -0.39 is 0 Å². The summed E-state index contributed by atoms with van der Waals surface area (Å²) in [6, 6.07) is 6.80. The maximum Gasteiger partial charge on any atom is 0.150 e. The van der Waals surface area contributed by atoms with Gasteiger partial charge >= 0.3 is 0 Å². The summed E-state index contributed by atoms with van der Waals surface area (Å²) in [6.07, 6.45) is 2.40. The molecule has 1 saturated heterocycles. The van der Waals surface area contributed by atoms with Gasteiger partial charge in [-0.3, -0.25) is 4.90 Å². The number of hydrogen-bond donors (Lipinski definition) is 1. The second kappa shape index (κ2) is 6.53. The molecule has 6 nitrogen and oxygen atoms in total. The minimum Gasteiger partial charge on any atom is -0.496 e. The molecule has 0 amide bonds. The minimum absolute atomic E-state index is 0.384. The zero-order valence-corrected chi connectivity index (χ0v) is 14.5. The number of hydrogen-bond acceptors (Lipinski definition) is 5. The van der Waals surface area contributed by atoms with Crippen LogP contribution in [0, 0.1) is 6.92 Å². The van der Waals surface area contributed by atoms with Crippen molar-refractivity contribution in [1.29, 1.82) is 0 Å². The van der Waals surface area contributed by atoms with Crippen LogP contribution in [0.3, 0.4) is 0 Å². The average molecular weight is 327 g/mol. The quantitative estimate of drug-likeness (QED) is 0.931. The topological polar surface area (TPSA) is 55.2 Å². The highest BCUT2D eigenvalue weighted by molar-refractivity contribution is 5.37. The molecule has 0 spiro atoms. The lowest BCUT2D eigenvalue weighted by atomic mass is 10.1. The molecule has 1 atom stereocenters. The Bertz CT molecular complexity index is 720. The van der Waals surface area contributed by atoms with Gasteiger partial charge in [-0.2, -0.15) is 0 Å². The zero-order chi connectivity index (χ0) is 16.5. The molecule has 3 heterocycles. The summed E-state index contributed by atoms with van der Waals surface area (Å²) < 4.78 is 7.85. The fraction of sp³-hybridized carbons (Fsp3) is 0.556. The molecule has 0 bridgehead atoms. The predicted octanol–water partition coefficient (Wildman–Crippen LogP) is 2.04. The second-order valence-electron chi connectivity index (χ2n) is 6.80. The van der Waals surface area contributed by atoms with E-state index in [1.54, 1.807) is 7.11 Å². The maximum absolute atomic E-state index is 5.54. The van der Waals surface area contributed by atoms with Crippen LogP contribution in [0.2, 0.25) is 0 Å². The standard InChI is InChI=1S/C18H25N5O/c1-13-5-6-14(16(10-13)24-2)11-22-8-9-23-17(12-22)20-21-18(23)15-4-3-7-19-15/h5-6,10,15,19H,3-4,7-9,11-12H2,1-2H3/t15-/m1/s1. The van der Waals surface area contributed by atoms with Crippen molar-refractivity contribution in [1.82, 2.24) is 25.0 Å². The van der Waals surface area contributed by atoms with Gasteiger partial charge in [-0.05, 0) is 37.9 Å². The number of nitrogens with one attached hydrogen (secondary N) is 1. The first kappa shape index (κ1) is 15.6. The molecule has 1 N–H and O–H groups in total. The van der Waals surface area contributed by atoms with Crippen LogP contribution < -0.4 is 10.1 Å². The van der Waals surface area contributed by atoms with Crippen molar-refractivity contribution in [3.8, 4) is 5.75 Å². The van der Waals surface area contributed by atoms with Crippen LogP contribution in [0.15, 0.2) is 18.2 Å². The van der Waals surface area contributed by atoms with Crippen molar-refractivity contribution in [3.63, 3.8) is 0 Å². The van der Waals surface area contributed by atoms with E-state index in [9.17, 15) is 0 Å². The molecule has 4 rings (SSSR count). The Morgan fingerprint density at radius 3 is 3.00 bits per heavy atom. The Morgan fingerprint density at radius 2 is 2.21 bits per heavy atom. The fourth-order valence-corrected chi connectivity index (χ4v) is 3.75. The van der Waals surface area contributed by atoms with Gasteiger partial charge in [0, 0.05) is 25.2 Å². The van der Waals surface area contributed by atoms with Gasteiger partial charge in [-0.15, -0.1) is 10.2 Å². The smallest absolute Gasteiger partial charge is 0.150 e. The fourth-order valence-electron chi connectivity index (χ4n) is 3.75. The molecular weight excluding hydrogens is 302 g/mol. The summed E-state index contributed by atoms with van der Waals surface area (Å²) in [5.41, 5.74) is 2.46. The van der Waals surface area contributed by atoms with Gasteiger partial charge in [0.25, 0.3) is 0 Å². The molecule has 0 radical (unpaired) electrons. The van der Waals surface area contributed by atoms with Crippen LogP contribution >= 0.6 is 0 Å². The van der Waals surface area contributed by atoms with E-state index in [0.29, 0.717) is 6.04 Å². The number of benzene rings is 1. The lowest BCUT2D eigenvalue weighted by Crippen LogP contribution is -2.34. The van der Waals surface area contributed by atoms with E-state index in [2.05, 4.69) is 50.1 Å². The Morgan fingerprint density at radius 1 is 1.29 bits per heavy atom. The third kappa shape index (κ3) is 2.91. The normalized spacial score (nSPS) is 21.0. The largest absolute Gasteiger partial charge is 0.496 e. The highest BCUT2D eigenvalue weighted by Gasteiger charge is 2.27. The van der Waals surface area contributed by atoms with Crippen molar-refractivity contribution in [2.45, 2.75) is 45.4 Å². The van der Waals surface area contributed by atoms with E-state index in [4.69, 9.17) is 4.74 Å². The number of aromatic nitrogens is 3. The first-order chi connectivity index (χ1) is 11.7. The van der Waals surface area contributed by atoms with E-state index in [-0.39, 0.29) is 0 Å². The molecule has 0 aliphatic carbocycles. The van der Waals surface area contributed by atoms with Crippen molar-refractivity contribution < 1.29 is 4.74 Å². The molecular formula is C18H25N5O. The summed E-state index contributed by atoms with van der Waals surface area (Å²) in [7, 11) is 1.74. The van der Waals surface area contributed by atoms with Gasteiger partial charge in [-0.25, -0.2) is 0 Å². The van der Waals surface area contributed by atoms with E-state index in [1.165, 1.54) is 24.0 Å². The van der Waals surface area contributed by atoms with Crippen LogP contribution in [0.1, 0.15) is 41.7 Å². The van der Waals surface area contributed by atoms with Crippen molar-refractivity contribution in [2.75, 3.05) is 20.2 Å². The molecule has 1 fully saturated rings. The third-order valence-corrected chi connectivity index (χ3v) is 5.07. The number of aryl methyl sites for hydroxylation is 1.